The summed E-state index contributed by atoms with van der Waals surface area (Å²) in [5.41, 5.74) is -0.132. The first-order valence-corrected chi connectivity index (χ1v) is 4.98. The molecule has 3 nitrogen and oxygen atoms in total. The van der Waals surface area contributed by atoms with E-state index in [9.17, 15) is 13.6 Å². The van der Waals surface area contributed by atoms with Gasteiger partial charge >= 0.3 is 0 Å². The lowest BCUT2D eigenvalue weighted by Gasteiger charge is -2.04. The Morgan fingerprint density at radius 1 is 1.35 bits per heavy atom. The molecule has 0 radical (unpaired) electrons. The zero-order valence-electron chi connectivity index (χ0n) is 9.37. The Balaban J connectivity index is 2.54. The lowest BCUT2D eigenvalue weighted by atomic mass is 10.0. The number of aryl methyl sites for hydroxylation is 2. The molecule has 0 aliphatic carbocycles. The van der Waals surface area contributed by atoms with Crippen LogP contribution in [0.25, 0.3) is 0 Å². The van der Waals surface area contributed by atoms with Crippen LogP contribution in [0.15, 0.2) is 24.5 Å². The van der Waals surface area contributed by atoms with Gasteiger partial charge in [0.05, 0.1) is 17.3 Å². The van der Waals surface area contributed by atoms with E-state index in [2.05, 4.69) is 5.10 Å². The van der Waals surface area contributed by atoms with Gasteiger partial charge in [-0.2, -0.15) is 5.10 Å². The molecule has 0 fully saturated rings. The highest BCUT2D eigenvalue weighted by molar-refractivity contribution is 6.09. The Hall–Kier alpha value is -2.04. The molecular formula is C12H10F2N2O. The van der Waals surface area contributed by atoms with Crippen LogP contribution in [0, 0.1) is 18.6 Å². The minimum absolute atomic E-state index is 0.163. The zero-order chi connectivity index (χ0) is 12.6. The predicted molar refractivity (Wildman–Crippen MR) is 57.7 cm³/mol. The number of hydrogen-bond acceptors (Lipinski definition) is 2. The van der Waals surface area contributed by atoms with E-state index in [0.717, 1.165) is 6.07 Å². The third-order valence-electron chi connectivity index (χ3n) is 2.48. The van der Waals surface area contributed by atoms with E-state index in [1.165, 1.54) is 30.1 Å². The van der Waals surface area contributed by atoms with Crippen LogP contribution in [0.5, 0.6) is 0 Å². The second-order valence-corrected chi connectivity index (χ2v) is 3.79. The van der Waals surface area contributed by atoms with E-state index in [1.54, 1.807) is 7.05 Å². The molecule has 0 unspecified atom stereocenters. The molecule has 0 saturated carbocycles. The van der Waals surface area contributed by atoms with Crippen LogP contribution >= 0.6 is 0 Å². The fraction of sp³-hybridized carbons (Fsp3) is 0.167. The lowest BCUT2D eigenvalue weighted by Crippen LogP contribution is -2.08. The van der Waals surface area contributed by atoms with E-state index in [4.69, 9.17) is 0 Å². The summed E-state index contributed by atoms with van der Waals surface area (Å²) in [6.07, 6.45) is 2.70. The Morgan fingerprint density at radius 2 is 2.06 bits per heavy atom. The van der Waals surface area contributed by atoms with Gasteiger partial charge in [-0.05, 0) is 18.6 Å². The largest absolute Gasteiger partial charge is 0.288 e. The highest BCUT2D eigenvalue weighted by Gasteiger charge is 2.21. The van der Waals surface area contributed by atoms with E-state index in [1.807, 2.05) is 0 Å². The van der Waals surface area contributed by atoms with Crippen molar-refractivity contribution in [3.63, 3.8) is 0 Å². The molecule has 88 valence electrons. The number of carbonyl (C=O) groups excluding carboxylic acids is 1. The first-order chi connectivity index (χ1) is 8.00. The summed E-state index contributed by atoms with van der Waals surface area (Å²) in [7, 11) is 1.62. The summed E-state index contributed by atoms with van der Waals surface area (Å²) < 4.78 is 28.6. The first-order valence-electron chi connectivity index (χ1n) is 4.98. The third-order valence-corrected chi connectivity index (χ3v) is 2.48. The summed E-state index contributed by atoms with van der Waals surface area (Å²) in [5.74, 6) is -2.38. The van der Waals surface area contributed by atoms with E-state index >= 15 is 0 Å². The van der Waals surface area contributed by atoms with Gasteiger partial charge in [-0.15, -0.1) is 0 Å². The van der Waals surface area contributed by atoms with Gasteiger partial charge in [-0.1, -0.05) is 6.07 Å². The van der Waals surface area contributed by atoms with Gasteiger partial charge in [0.15, 0.2) is 0 Å². The Labute approximate surface area is 96.7 Å². The minimum Gasteiger partial charge on any atom is -0.288 e. The molecule has 1 aromatic heterocycles. The fourth-order valence-corrected chi connectivity index (χ4v) is 1.55. The molecular weight excluding hydrogens is 226 g/mol. The first kappa shape index (κ1) is 11.4. The summed E-state index contributed by atoms with van der Waals surface area (Å²) in [4.78, 5) is 11.9. The van der Waals surface area contributed by atoms with E-state index < -0.39 is 23.0 Å². The van der Waals surface area contributed by atoms with Crippen molar-refractivity contribution < 1.29 is 13.6 Å². The predicted octanol–water partition coefficient (Wildman–Crippen LogP) is 2.24. The van der Waals surface area contributed by atoms with Gasteiger partial charge in [0.1, 0.15) is 11.6 Å². The number of carbonyl (C=O) groups is 1. The maximum Gasteiger partial charge on any atom is 0.202 e. The molecule has 0 saturated heterocycles. The quantitative estimate of drug-likeness (QED) is 0.749. The van der Waals surface area contributed by atoms with Gasteiger partial charge in [0, 0.05) is 13.2 Å². The number of halogens is 2. The van der Waals surface area contributed by atoms with Crippen molar-refractivity contribution in [2.75, 3.05) is 0 Å². The van der Waals surface area contributed by atoms with Crippen LogP contribution in [0.4, 0.5) is 8.78 Å². The zero-order valence-corrected chi connectivity index (χ0v) is 9.37. The summed E-state index contributed by atoms with van der Waals surface area (Å²) in [6.45, 7) is 1.48. The second-order valence-electron chi connectivity index (χ2n) is 3.79. The van der Waals surface area contributed by atoms with Gasteiger partial charge in [-0.3, -0.25) is 9.48 Å². The van der Waals surface area contributed by atoms with Crippen LogP contribution < -0.4 is 0 Å². The van der Waals surface area contributed by atoms with Crippen molar-refractivity contribution in [2.24, 2.45) is 7.05 Å². The van der Waals surface area contributed by atoms with Gasteiger partial charge in [0.2, 0.25) is 5.78 Å². The molecule has 1 aromatic carbocycles. The lowest BCUT2D eigenvalue weighted by molar-refractivity contribution is 0.103. The molecule has 17 heavy (non-hydrogen) atoms. The average molecular weight is 236 g/mol. The van der Waals surface area contributed by atoms with Crippen molar-refractivity contribution >= 4 is 5.78 Å². The molecule has 0 N–H and O–H groups in total. The number of rotatable bonds is 2. The van der Waals surface area contributed by atoms with Crippen LogP contribution in [0.2, 0.25) is 0 Å². The number of nitrogens with zero attached hydrogens (tertiary/aromatic N) is 2. The molecule has 0 aliphatic heterocycles. The van der Waals surface area contributed by atoms with Gasteiger partial charge < -0.3 is 0 Å². The molecule has 2 aromatic rings. The van der Waals surface area contributed by atoms with E-state index in [0.29, 0.717) is 0 Å². The molecule has 0 aliphatic rings. The molecule has 2 rings (SSSR count). The summed E-state index contributed by atoms with van der Waals surface area (Å²) >= 11 is 0. The topological polar surface area (TPSA) is 34.9 Å². The number of aromatic nitrogens is 2. The van der Waals surface area contributed by atoms with Gasteiger partial charge in [-0.25, -0.2) is 8.78 Å². The normalized spacial score (nSPS) is 10.6. The maximum atomic E-state index is 13.7. The van der Waals surface area contributed by atoms with Gasteiger partial charge in [0.25, 0.3) is 0 Å². The number of hydrogen-bond donors (Lipinski definition) is 0. The second kappa shape index (κ2) is 4.08. The third kappa shape index (κ3) is 1.95. The molecule has 5 heteroatoms. The monoisotopic (exact) mass is 236 g/mol. The molecule has 1 heterocycles. The van der Waals surface area contributed by atoms with Crippen LogP contribution in [0.3, 0.4) is 0 Å². The SMILES string of the molecule is Cc1ccc(F)c(C(=O)c2cnn(C)c2)c1F. The Morgan fingerprint density at radius 3 is 2.65 bits per heavy atom. The Kier molecular flexibility index (Phi) is 2.75. The van der Waals surface area contributed by atoms with Crippen LogP contribution in [-0.4, -0.2) is 15.6 Å². The van der Waals surface area contributed by atoms with Crippen molar-refractivity contribution in [1.82, 2.24) is 9.78 Å². The highest BCUT2D eigenvalue weighted by atomic mass is 19.1. The number of ketones is 1. The number of benzene rings is 1. The minimum atomic E-state index is -0.859. The van der Waals surface area contributed by atoms with E-state index in [-0.39, 0.29) is 11.1 Å². The molecule has 0 spiro atoms. The van der Waals surface area contributed by atoms with Crippen molar-refractivity contribution in [3.8, 4) is 0 Å². The fourth-order valence-electron chi connectivity index (χ4n) is 1.55. The molecule has 0 atom stereocenters. The van der Waals surface area contributed by atoms with Crippen molar-refractivity contribution in [3.05, 3.63) is 52.9 Å². The Bertz CT molecular complexity index is 590. The van der Waals surface area contributed by atoms with Crippen molar-refractivity contribution in [2.45, 2.75) is 6.92 Å². The summed E-state index contributed by atoms with van der Waals surface area (Å²) in [5, 5.41) is 3.80. The standard InChI is InChI=1S/C12H10F2N2O/c1-7-3-4-9(13)10(11(7)14)12(17)8-5-15-16(2)6-8/h3-6H,1-2H3. The van der Waals surface area contributed by atoms with Crippen LogP contribution in [-0.2, 0) is 7.05 Å². The molecule has 0 amide bonds. The molecule has 0 bridgehead atoms. The average Bonchev–Trinajstić information content (AvgIpc) is 2.71. The highest BCUT2D eigenvalue weighted by Crippen LogP contribution is 2.19. The van der Waals surface area contributed by atoms with Crippen LogP contribution in [0.1, 0.15) is 21.5 Å². The van der Waals surface area contributed by atoms with Crippen molar-refractivity contribution in [1.29, 1.82) is 0 Å². The smallest absolute Gasteiger partial charge is 0.202 e. The summed E-state index contributed by atoms with van der Waals surface area (Å²) in [6, 6.07) is 2.38. The maximum absolute atomic E-state index is 13.7.